The Morgan fingerprint density at radius 2 is 2.19 bits per heavy atom. The summed E-state index contributed by atoms with van der Waals surface area (Å²) in [6.45, 7) is 1.80. The van der Waals surface area contributed by atoms with E-state index in [0.717, 1.165) is 23.7 Å². The van der Waals surface area contributed by atoms with Gasteiger partial charge in [-0.3, -0.25) is 9.78 Å². The number of carbonyl (C=O) groups excluding carboxylic acids is 1. The topological polar surface area (TPSA) is 80.3 Å². The molecule has 0 bridgehead atoms. The fraction of sp³-hybridized carbons (Fsp3) is 0.350. The third-order valence-electron chi connectivity index (χ3n) is 5.34. The number of nitrogens with one attached hydrogen (secondary N) is 1. The molecule has 0 aliphatic carbocycles. The standard InChI is InChI=1S/C20H20N4O3/c25-19(16-10-23-17-4-2-1-3-15(16)17)24-12-20(13-24)9-14(5-8-26-20)27-18-11-21-6-7-22-18/h1-4,6-7,10-11,14,23H,5,8-9,12-13H2. The van der Waals surface area contributed by atoms with Crippen LogP contribution < -0.4 is 4.74 Å². The van der Waals surface area contributed by atoms with Crippen molar-refractivity contribution in [3.63, 3.8) is 0 Å². The molecule has 5 rings (SSSR count). The van der Waals surface area contributed by atoms with E-state index in [1.807, 2.05) is 29.2 Å². The molecule has 138 valence electrons. The van der Waals surface area contributed by atoms with E-state index in [9.17, 15) is 4.79 Å². The molecule has 7 nitrogen and oxygen atoms in total. The molecule has 1 N–H and O–H groups in total. The summed E-state index contributed by atoms with van der Waals surface area (Å²) < 4.78 is 12.0. The fourth-order valence-electron chi connectivity index (χ4n) is 4.03. The number of likely N-dealkylation sites (tertiary alicyclic amines) is 1. The zero-order valence-electron chi connectivity index (χ0n) is 14.8. The van der Waals surface area contributed by atoms with E-state index in [2.05, 4.69) is 15.0 Å². The zero-order chi connectivity index (χ0) is 18.3. The molecule has 0 radical (unpaired) electrons. The number of benzene rings is 1. The van der Waals surface area contributed by atoms with Crippen molar-refractivity contribution in [2.24, 2.45) is 0 Å². The first kappa shape index (κ1) is 16.3. The number of hydrogen-bond acceptors (Lipinski definition) is 5. The largest absolute Gasteiger partial charge is 0.473 e. The highest BCUT2D eigenvalue weighted by atomic mass is 16.5. The first-order valence-corrected chi connectivity index (χ1v) is 9.14. The van der Waals surface area contributed by atoms with Crippen LogP contribution in [0.15, 0.2) is 49.1 Å². The third-order valence-corrected chi connectivity index (χ3v) is 5.34. The third kappa shape index (κ3) is 2.94. The summed E-state index contributed by atoms with van der Waals surface area (Å²) in [5.74, 6) is 0.573. The van der Waals surface area contributed by atoms with E-state index < -0.39 is 0 Å². The Labute approximate surface area is 156 Å². The summed E-state index contributed by atoms with van der Waals surface area (Å²) in [4.78, 5) is 26.1. The Bertz CT molecular complexity index is 966. The van der Waals surface area contributed by atoms with Crippen molar-refractivity contribution < 1.29 is 14.3 Å². The molecule has 1 unspecified atom stereocenters. The molecule has 3 aromatic rings. The summed E-state index contributed by atoms with van der Waals surface area (Å²) in [5, 5.41) is 0.955. The van der Waals surface area contributed by atoms with Gasteiger partial charge in [0.2, 0.25) is 5.88 Å². The molecule has 2 saturated heterocycles. The number of carbonyl (C=O) groups is 1. The second-order valence-corrected chi connectivity index (χ2v) is 7.22. The first-order valence-electron chi connectivity index (χ1n) is 9.14. The highest BCUT2D eigenvalue weighted by Crippen LogP contribution is 2.36. The zero-order valence-corrected chi connectivity index (χ0v) is 14.8. The van der Waals surface area contributed by atoms with E-state index in [-0.39, 0.29) is 17.6 Å². The van der Waals surface area contributed by atoms with Crippen LogP contribution in [0.2, 0.25) is 0 Å². The van der Waals surface area contributed by atoms with E-state index in [0.29, 0.717) is 31.1 Å². The molecule has 1 amide bonds. The summed E-state index contributed by atoms with van der Waals surface area (Å²) in [6, 6.07) is 7.85. The van der Waals surface area contributed by atoms with Crippen LogP contribution in [-0.4, -0.2) is 57.2 Å². The summed E-state index contributed by atoms with van der Waals surface area (Å²) >= 11 is 0. The van der Waals surface area contributed by atoms with Crippen molar-refractivity contribution >= 4 is 16.8 Å². The molecular formula is C20H20N4O3. The predicted molar refractivity (Wildman–Crippen MR) is 98.6 cm³/mol. The normalized spacial score (nSPS) is 21.2. The average Bonchev–Trinajstić information content (AvgIpc) is 3.11. The number of para-hydroxylation sites is 1. The lowest BCUT2D eigenvalue weighted by molar-refractivity contribution is -0.174. The SMILES string of the molecule is O=C(c1c[nH]c2ccccc12)N1CC2(CC(Oc3cnccn3)CCO2)C1. The number of nitrogens with zero attached hydrogens (tertiary/aromatic N) is 3. The summed E-state index contributed by atoms with van der Waals surface area (Å²) in [7, 11) is 0. The minimum Gasteiger partial charge on any atom is -0.473 e. The Balaban J connectivity index is 1.26. The van der Waals surface area contributed by atoms with Gasteiger partial charge in [-0.2, -0.15) is 0 Å². The second kappa shape index (κ2) is 6.35. The van der Waals surface area contributed by atoms with Crippen molar-refractivity contribution in [2.45, 2.75) is 24.5 Å². The number of rotatable bonds is 3. The fourth-order valence-corrected chi connectivity index (χ4v) is 4.03. The van der Waals surface area contributed by atoms with Crippen molar-refractivity contribution in [2.75, 3.05) is 19.7 Å². The molecule has 1 atom stereocenters. The van der Waals surface area contributed by atoms with Gasteiger partial charge in [-0.1, -0.05) is 18.2 Å². The van der Waals surface area contributed by atoms with Crippen LogP contribution in [0.25, 0.3) is 10.9 Å². The molecular weight excluding hydrogens is 344 g/mol. The van der Waals surface area contributed by atoms with Gasteiger partial charge in [-0.25, -0.2) is 4.98 Å². The molecule has 7 heteroatoms. The molecule has 2 aliphatic heterocycles. The number of fused-ring (bicyclic) bond motifs is 1. The smallest absolute Gasteiger partial charge is 0.256 e. The van der Waals surface area contributed by atoms with Crippen LogP contribution in [0.5, 0.6) is 5.88 Å². The van der Waals surface area contributed by atoms with Crippen LogP contribution >= 0.6 is 0 Å². The Morgan fingerprint density at radius 1 is 1.30 bits per heavy atom. The highest BCUT2D eigenvalue weighted by molar-refractivity contribution is 6.07. The monoisotopic (exact) mass is 364 g/mol. The minimum absolute atomic E-state index is 0.0285. The molecule has 2 aliphatic rings. The quantitative estimate of drug-likeness (QED) is 0.772. The molecule has 2 fully saturated rings. The van der Waals surface area contributed by atoms with Crippen molar-refractivity contribution in [1.82, 2.24) is 19.9 Å². The minimum atomic E-state index is -0.313. The average molecular weight is 364 g/mol. The maximum atomic E-state index is 12.9. The first-order chi connectivity index (χ1) is 13.2. The van der Waals surface area contributed by atoms with Crippen molar-refractivity contribution in [1.29, 1.82) is 0 Å². The molecule has 4 heterocycles. The Morgan fingerprint density at radius 3 is 3.04 bits per heavy atom. The Hall–Kier alpha value is -2.93. The van der Waals surface area contributed by atoms with E-state index in [1.54, 1.807) is 24.8 Å². The maximum Gasteiger partial charge on any atom is 0.256 e. The van der Waals surface area contributed by atoms with Crippen LogP contribution in [0.4, 0.5) is 0 Å². The van der Waals surface area contributed by atoms with Gasteiger partial charge in [0.05, 0.1) is 31.5 Å². The van der Waals surface area contributed by atoms with Gasteiger partial charge in [0.15, 0.2) is 0 Å². The van der Waals surface area contributed by atoms with Gasteiger partial charge in [0, 0.05) is 42.3 Å². The number of amides is 1. The summed E-state index contributed by atoms with van der Waals surface area (Å²) in [5.41, 5.74) is 1.37. The van der Waals surface area contributed by atoms with Crippen molar-refractivity contribution in [3.8, 4) is 5.88 Å². The molecule has 2 aromatic heterocycles. The van der Waals surface area contributed by atoms with E-state index in [1.165, 1.54) is 0 Å². The van der Waals surface area contributed by atoms with Crippen LogP contribution in [0.3, 0.4) is 0 Å². The number of hydrogen-bond donors (Lipinski definition) is 1. The van der Waals surface area contributed by atoms with Gasteiger partial charge in [0.1, 0.15) is 11.7 Å². The lowest BCUT2D eigenvalue weighted by Gasteiger charge is -2.52. The molecule has 0 saturated carbocycles. The predicted octanol–water partition coefficient (Wildman–Crippen LogP) is 2.41. The Kier molecular flexibility index (Phi) is 3.82. The molecule has 1 aromatic carbocycles. The number of aromatic amines is 1. The lowest BCUT2D eigenvalue weighted by Crippen LogP contribution is -2.67. The van der Waals surface area contributed by atoms with Gasteiger partial charge >= 0.3 is 0 Å². The number of ether oxygens (including phenoxy) is 2. The van der Waals surface area contributed by atoms with Gasteiger partial charge in [-0.05, 0) is 6.07 Å². The maximum absolute atomic E-state index is 12.9. The van der Waals surface area contributed by atoms with E-state index >= 15 is 0 Å². The summed E-state index contributed by atoms with van der Waals surface area (Å²) in [6.07, 6.45) is 8.25. The lowest BCUT2D eigenvalue weighted by atomic mass is 9.84. The molecule has 27 heavy (non-hydrogen) atoms. The van der Waals surface area contributed by atoms with Crippen LogP contribution in [-0.2, 0) is 4.74 Å². The highest BCUT2D eigenvalue weighted by Gasteiger charge is 2.50. The number of aromatic nitrogens is 3. The van der Waals surface area contributed by atoms with E-state index in [4.69, 9.17) is 9.47 Å². The van der Waals surface area contributed by atoms with Crippen LogP contribution in [0, 0.1) is 0 Å². The molecule has 1 spiro atoms. The number of H-pyrrole nitrogens is 1. The van der Waals surface area contributed by atoms with Gasteiger partial charge < -0.3 is 19.4 Å². The second-order valence-electron chi connectivity index (χ2n) is 7.22. The van der Waals surface area contributed by atoms with Crippen molar-refractivity contribution in [3.05, 3.63) is 54.6 Å². The van der Waals surface area contributed by atoms with Gasteiger partial charge in [0.25, 0.3) is 5.91 Å². The van der Waals surface area contributed by atoms with Crippen LogP contribution in [0.1, 0.15) is 23.2 Å². The van der Waals surface area contributed by atoms with Gasteiger partial charge in [-0.15, -0.1) is 0 Å².